The van der Waals surface area contributed by atoms with Crippen molar-refractivity contribution in [2.24, 2.45) is 10.8 Å². The van der Waals surface area contributed by atoms with Crippen molar-refractivity contribution in [3.63, 3.8) is 0 Å². The lowest BCUT2D eigenvalue weighted by Gasteiger charge is -2.33. The van der Waals surface area contributed by atoms with Crippen LogP contribution in [-0.2, 0) is 14.8 Å². The molecule has 4 nitrogen and oxygen atoms in total. The third-order valence-electron chi connectivity index (χ3n) is 3.00. The lowest BCUT2D eigenvalue weighted by Crippen LogP contribution is -2.37. The van der Waals surface area contributed by atoms with E-state index in [9.17, 15) is 13.2 Å². The first-order valence-electron chi connectivity index (χ1n) is 5.71. The van der Waals surface area contributed by atoms with Crippen LogP contribution in [-0.4, -0.2) is 38.4 Å². The molecular weight excluding hydrogens is 238 g/mol. The summed E-state index contributed by atoms with van der Waals surface area (Å²) in [6, 6.07) is 0. The molecule has 17 heavy (non-hydrogen) atoms. The number of carbonyl (C=O) groups is 1. The number of hydrogen-bond donors (Lipinski definition) is 0. The summed E-state index contributed by atoms with van der Waals surface area (Å²) in [5.74, 6) is 0.150. The number of nitrogens with zero attached hydrogens (tertiary/aromatic N) is 1. The molecule has 0 bridgehead atoms. The minimum Gasteiger partial charge on any atom is -0.299 e. The van der Waals surface area contributed by atoms with E-state index in [1.807, 2.05) is 27.7 Å². The number of hydrogen-bond acceptors (Lipinski definition) is 3. The van der Waals surface area contributed by atoms with Gasteiger partial charge in [-0.25, -0.2) is 12.7 Å². The largest absolute Gasteiger partial charge is 0.299 e. The van der Waals surface area contributed by atoms with Crippen molar-refractivity contribution < 1.29 is 13.2 Å². The molecule has 0 aliphatic heterocycles. The van der Waals surface area contributed by atoms with Gasteiger partial charge in [-0.1, -0.05) is 27.7 Å². The van der Waals surface area contributed by atoms with E-state index in [1.165, 1.54) is 18.4 Å². The van der Waals surface area contributed by atoms with Gasteiger partial charge >= 0.3 is 0 Å². The van der Waals surface area contributed by atoms with Crippen LogP contribution in [0.15, 0.2) is 0 Å². The molecule has 0 radical (unpaired) electrons. The van der Waals surface area contributed by atoms with E-state index >= 15 is 0 Å². The van der Waals surface area contributed by atoms with Crippen molar-refractivity contribution in [3.05, 3.63) is 0 Å². The lowest BCUT2D eigenvalue weighted by molar-refractivity contribution is -0.126. The maximum Gasteiger partial charge on any atom is 0.214 e. The van der Waals surface area contributed by atoms with Crippen LogP contribution in [0.3, 0.4) is 0 Å². The zero-order chi connectivity index (χ0) is 14.1. The molecule has 0 aromatic rings. The van der Waals surface area contributed by atoms with Crippen molar-refractivity contribution in [2.45, 2.75) is 41.0 Å². The summed E-state index contributed by atoms with van der Waals surface area (Å²) < 4.78 is 24.9. The number of ketones is 1. The monoisotopic (exact) mass is 263 g/mol. The van der Waals surface area contributed by atoms with Gasteiger partial charge in [0.25, 0.3) is 0 Å². The fraction of sp³-hybridized carbons (Fsp3) is 0.917. The Morgan fingerprint density at radius 2 is 1.53 bits per heavy atom. The molecule has 0 amide bonds. The quantitative estimate of drug-likeness (QED) is 0.735. The van der Waals surface area contributed by atoms with E-state index in [4.69, 9.17) is 0 Å². The Morgan fingerprint density at radius 1 is 1.12 bits per heavy atom. The third kappa shape index (κ3) is 5.17. The van der Waals surface area contributed by atoms with Crippen LogP contribution in [0.1, 0.15) is 41.0 Å². The van der Waals surface area contributed by atoms with Crippen LogP contribution in [0.25, 0.3) is 0 Å². The van der Waals surface area contributed by atoms with Gasteiger partial charge in [0.05, 0.1) is 5.75 Å². The van der Waals surface area contributed by atoms with E-state index in [0.717, 1.165) is 0 Å². The second-order valence-electron chi connectivity index (χ2n) is 6.32. The highest BCUT2D eigenvalue weighted by Gasteiger charge is 2.35. The van der Waals surface area contributed by atoms with Gasteiger partial charge < -0.3 is 0 Å². The van der Waals surface area contributed by atoms with Gasteiger partial charge in [-0.3, -0.25) is 4.79 Å². The topological polar surface area (TPSA) is 54.5 Å². The molecule has 5 heteroatoms. The molecule has 0 spiro atoms. The van der Waals surface area contributed by atoms with Gasteiger partial charge in [0.15, 0.2) is 0 Å². The summed E-state index contributed by atoms with van der Waals surface area (Å²) >= 11 is 0. The molecule has 0 aliphatic carbocycles. The maximum absolute atomic E-state index is 11.8. The fourth-order valence-electron chi connectivity index (χ4n) is 1.99. The third-order valence-corrected chi connectivity index (χ3v) is 5.26. The summed E-state index contributed by atoms with van der Waals surface area (Å²) in [4.78, 5) is 11.5. The van der Waals surface area contributed by atoms with Crippen molar-refractivity contribution >= 4 is 15.8 Å². The average Bonchev–Trinajstić information content (AvgIpc) is 1.98. The molecule has 0 N–H and O–H groups in total. The Kier molecular flexibility index (Phi) is 4.94. The van der Waals surface area contributed by atoms with Crippen LogP contribution < -0.4 is 0 Å². The van der Waals surface area contributed by atoms with Crippen LogP contribution in [0.4, 0.5) is 0 Å². The van der Waals surface area contributed by atoms with E-state index in [2.05, 4.69) is 0 Å². The Bertz CT molecular complexity index is 381. The highest BCUT2D eigenvalue weighted by Crippen LogP contribution is 2.35. The highest BCUT2D eigenvalue weighted by atomic mass is 32.2. The van der Waals surface area contributed by atoms with E-state index in [1.54, 1.807) is 6.92 Å². The molecule has 0 aromatic heterocycles. The van der Waals surface area contributed by atoms with Crippen LogP contribution in [0, 0.1) is 10.8 Å². The average molecular weight is 263 g/mol. The number of sulfonamides is 1. The first kappa shape index (κ1) is 16.6. The minimum atomic E-state index is -3.23. The van der Waals surface area contributed by atoms with Crippen LogP contribution in [0.5, 0.6) is 0 Å². The van der Waals surface area contributed by atoms with E-state index in [-0.39, 0.29) is 11.5 Å². The number of rotatable bonds is 6. The second kappa shape index (κ2) is 5.06. The zero-order valence-corrected chi connectivity index (χ0v) is 12.8. The number of Topliss-reactive ketones (excluding diaryl/α,β-unsaturated/α-hetero) is 1. The Hall–Kier alpha value is -0.420. The molecular formula is C12H25NO3S. The summed E-state index contributed by atoms with van der Waals surface area (Å²) in [6.07, 6.45) is 0.558. The predicted octanol–water partition coefficient (Wildman–Crippen LogP) is 1.91. The van der Waals surface area contributed by atoms with E-state index < -0.39 is 20.9 Å². The first-order chi connectivity index (χ1) is 7.30. The molecule has 0 saturated heterocycles. The SMILES string of the molecule is CC(=O)C(C)(C)CC(C)(C)CS(=O)(=O)N(C)C. The second-order valence-corrected chi connectivity index (χ2v) is 8.50. The lowest BCUT2D eigenvalue weighted by atomic mass is 9.74. The summed E-state index contributed by atoms with van der Waals surface area (Å²) in [7, 11) is -0.173. The van der Waals surface area contributed by atoms with Gasteiger partial charge in [0.1, 0.15) is 5.78 Å². The Balaban J connectivity index is 4.89. The van der Waals surface area contributed by atoms with Gasteiger partial charge in [-0.15, -0.1) is 0 Å². The van der Waals surface area contributed by atoms with Crippen molar-refractivity contribution in [1.82, 2.24) is 4.31 Å². The van der Waals surface area contributed by atoms with Crippen LogP contribution in [0.2, 0.25) is 0 Å². The van der Waals surface area contributed by atoms with Crippen molar-refractivity contribution in [1.29, 1.82) is 0 Å². The molecule has 0 atom stereocenters. The van der Waals surface area contributed by atoms with Gasteiger partial charge in [-0.05, 0) is 18.8 Å². The van der Waals surface area contributed by atoms with Gasteiger partial charge in [0, 0.05) is 19.5 Å². The molecule has 0 saturated carbocycles. The van der Waals surface area contributed by atoms with E-state index in [0.29, 0.717) is 6.42 Å². The normalized spacial score (nSPS) is 14.1. The predicted molar refractivity (Wildman–Crippen MR) is 70.3 cm³/mol. The maximum atomic E-state index is 11.8. The first-order valence-corrected chi connectivity index (χ1v) is 7.32. The molecule has 0 fully saturated rings. The molecule has 102 valence electrons. The molecule has 0 rings (SSSR count). The minimum absolute atomic E-state index is 0.0592. The molecule has 0 aliphatic rings. The highest BCUT2D eigenvalue weighted by molar-refractivity contribution is 7.89. The fourth-order valence-corrected chi connectivity index (χ4v) is 3.34. The molecule has 0 aromatic carbocycles. The summed E-state index contributed by atoms with van der Waals surface area (Å²) in [5, 5.41) is 0. The smallest absolute Gasteiger partial charge is 0.214 e. The molecule has 0 unspecified atom stereocenters. The van der Waals surface area contributed by atoms with Crippen molar-refractivity contribution in [3.8, 4) is 0 Å². The molecule has 0 heterocycles. The summed E-state index contributed by atoms with van der Waals surface area (Å²) in [6.45, 7) is 9.05. The number of carbonyl (C=O) groups excluding carboxylic acids is 1. The Morgan fingerprint density at radius 3 is 1.82 bits per heavy atom. The zero-order valence-electron chi connectivity index (χ0n) is 12.0. The summed E-state index contributed by atoms with van der Waals surface area (Å²) in [5.41, 5.74) is -0.899. The van der Waals surface area contributed by atoms with Gasteiger partial charge in [0.2, 0.25) is 10.0 Å². The van der Waals surface area contributed by atoms with Crippen LogP contribution >= 0.6 is 0 Å². The van der Waals surface area contributed by atoms with Gasteiger partial charge in [-0.2, -0.15) is 0 Å². The standard InChI is InChI=1S/C12H25NO3S/c1-10(14)12(4,5)8-11(2,3)9-17(15,16)13(6)7/h8-9H2,1-7H3. The van der Waals surface area contributed by atoms with Crippen molar-refractivity contribution in [2.75, 3.05) is 19.8 Å². The Labute approximate surface area is 105 Å².